The van der Waals surface area contributed by atoms with Crippen molar-refractivity contribution in [3.05, 3.63) is 39.9 Å². The Morgan fingerprint density at radius 1 is 1.43 bits per heavy atom. The molecule has 0 aliphatic heterocycles. The molecule has 0 radical (unpaired) electrons. The molecule has 1 unspecified atom stereocenters. The first-order valence-electron chi connectivity index (χ1n) is 4.20. The zero-order valence-electron chi connectivity index (χ0n) is 7.75. The standard InChI is InChI=1S/C9H12N2O3/c1-6(12)9(10)7-2-4-8(5-3-7)11(13)14/h2-6,9,12H,10H2,1H3/t6?,9-/m1/s1. The van der Waals surface area contributed by atoms with Crippen LogP contribution in [0.4, 0.5) is 5.69 Å². The Balaban J connectivity index is 2.88. The van der Waals surface area contributed by atoms with Gasteiger partial charge in [-0.2, -0.15) is 0 Å². The van der Waals surface area contributed by atoms with Gasteiger partial charge < -0.3 is 10.8 Å². The summed E-state index contributed by atoms with van der Waals surface area (Å²) in [6.07, 6.45) is -0.670. The van der Waals surface area contributed by atoms with Gasteiger partial charge in [0.1, 0.15) is 0 Å². The Kier molecular flexibility index (Phi) is 3.16. The normalized spacial score (nSPS) is 14.8. The van der Waals surface area contributed by atoms with E-state index in [-0.39, 0.29) is 5.69 Å². The highest BCUT2D eigenvalue weighted by molar-refractivity contribution is 5.34. The molecular weight excluding hydrogens is 184 g/mol. The first-order valence-corrected chi connectivity index (χ1v) is 4.20. The molecule has 5 nitrogen and oxygen atoms in total. The number of aliphatic hydroxyl groups is 1. The van der Waals surface area contributed by atoms with Gasteiger partial charge in [0.15, 0.2) is 0 Å². The van der Waals surface area contributed by atoms with Crippen LogP contribution in [0.1, 0.15) is 18.5 Å². The van der Waals surface area contributed by atoms with Gasteiger partial charge in [0.05, 0.1) is 17.1 Å². The van der Waals surface area contributed by atoms with Crippen molar-refractivity contribution in [2.45, 2.75) is 19.1 Å². The molecule has 0 spiro atoms. The van der Waals surface area contributed by atoms with Crippen molar-refractivity contribution in [1.29, 1.82) is 0 Å². The summed E-state index contributed by atoms with van der Waals surface area (Å²) in [7, 11) is 0. The fourth-order valence-electron chi connectivity index (χ4n) is 1.10. The minimum atomic E-state index is -0.670. The maximum Gasteiger partial charge on any atom is 0.269 e. The zero-order valence-corrected chi connectivity index (χ0v) is 7.75. The molecule has 14 heavy (non-hydrogen) atoms. The predicted octanol–water partition coefficient (Wildman–Crippen LogP) is 0.975. The van der Waals surface area contributed by atoms with Crippen molar-refractivity contribution >= 4 is 5.69 Å². The summed E-state index contributed by atoms with van der Waals surface area (Å²) in [5.41, 5.74) is 6.35. The lowest BCUT2D eigenvalue weighted by molar-refractivity contribution is -0.384. The molecule has 0 saturated carbocycles. The monoisotopic (exact) mass is 196 g/mol. The fraction of sp³-hybridized carbons (Fsp3) is 0.333. The Morgan fingerprint density at radius 2 is 1.93 bits per heavy atom. The highest BCUT2D eigenvalue weighted by atomic mass is 16.6. The number of hydrogen-bond donors (Lipinski definition) is 2. The summed E-state index contributed by atoms with van der Waals surface area (Å²) < 4.78 is 0. The van der Waals surface area contributed by atoms with E-state index in [1.165, 1.54) is 12.1 Å². The third-order valence-corrected chi connectivity index (χ3v) is 2.01. The number of hydrogen-bond acceptors (Lipinski definition) is 4. The predicted molar refractivity (Wildman–Crippen MR) is 51.7 cm³/mol. The number of nitrogens with two attached hydrogens (primary N) is 1. The lowest BCUT2D eigenvalue weighted by atomic mass is 10.0. The van der Waals surface area contributed by atoms with Crippen molar-refractivity contribution in [1.82, 2.24) is 0 Å². The molecule has 0 aliphatic carbocycles. The third-order valence-electron chi connectivity index (χ3n) is 2.01. The number of nitro benzene ring substituents is 1. The van der Waals surface area contributed by atoms with E-state index in [0.717, 1.165) is 0 Å². The zero-order chi connectivity index (χ0) is 10.7. The molecule has 1 aromatic rings. The molecule has 3 N–H and O–H groups in total. The van der Waals surface area contributed by atoms with Crippen LogP contribution in [0.3, 0.4) is 0 Å². The summed E-state index contributed by atoms with van der Waals surface area (Å²) in [6, 6.07) is 5.34. The molecule has 0 aromatic heterocycles. The van der Waals surface area contributed by atoms with Crippen LogP contribution in [0.15, 0.2) is 24.3 Å². The lowest BCUT2D eigenvalue weighted by Gasteiger charge is -2.14. The quantitative estimate of drug-likeness (QED) is 0.557. The largest absolute Gasteiger partial charge is 0.391 e. The molecule has 0 fully saturated rings. The van der Waals surface area contributed by atoms with Crippen LogP contribution in [0.5, 0.6) is 0 Å². The molecule has 0 heterocycles. The number of nitro groups is 1. The van der Waals surface area contributed by atoms with Crippen molar-refractivity contribution in [2.24, 2.45) is 5.73 Å². The van der Waals surface area contributed by atoms with Crippen LogP contribution >= 0.6 is 0 Å². The molecule has 1 aromatic carbocycles. The van der Waals surface area contributed by atoms with E-state index in [1.54, 1.807) is 19.1 Å². The maximum absolute atomic E-state index is 10.3. The average molecular weight is 196 g/mol. The van der Waals surface area contributed by atoms with Gasteiger partial charge in [-0.1, -0.05) is 12.1 Å². The minimum Gasteiger partial charge on any atom is -0.391 e. The van der Waals surface area contributed by atoms with E-state index in [9.17, 15) is 15.2 Å². The third kappa shape index (κ3) is 2.27. The number of benzene rings is 1. The fourth-order valence-corrected chi connectivity index (χ4v) is 1.10. The highest BCUT2D eigenvalue weighted by Crippen LogP contribution is 2.18. The van der Waals surface area contributed by atoms with Crippen LogP contribution in [-0.4, -0.2) is 16.1 Å². The van der Waals surface area contributed by atoms with Crippen LogP contribution < -0.4 is 5.73 Å². The second-order valence-electron chi connectivity index (χ2n) is 3.12. The first kappa shape index (κ1) is 10.6. The van der Waals surface area contributed by atoms with Gasteiger partial charge in [-0.25, -0.2) is 0 Å². The number of nitrogens with zero attached hydrogens (tertiary/aromatic N) is 1. The summed E-state index contributed by atoms with van der Waals surface area (Å²) in [5, 5.41) is 19.5. The highest BCUT2D eigenvalue weighted by Gasteiger charge is 2.13. The molecule has 0 bridgehead atoms. The van der Waals surface area contributed by atoms with Crippen molar-refractivity contribution in [2.75, 3.05) is 0 Å². The summed E-state index contributed by atoms with van der Waals surface area (Å²) in [5.74, 6) is 0. The van der Waals surface area contributed by atoms with Gasteiger partial charge in [0, 0.05) is 12.1 Å². The second-order valence-corrected chi connectivity index (χ2v) is 3.12. The molecular formula is C9H12N2O3. The van der Waals surface area contributed by atoms with E-state index in [2.05, 4.69) is 0 Å². The number of rotatable bonds is 3. The Bertz CT molecular complexity index is 321. The van der Waals surface area contributed by atoms with Gasteiger partial charge in [-0.05, 0) is 12.5 Å². The van der Waals surface area contributed by atoms with E-state index < -0.39 is 17.1 Å². The van der Waals surface area contributed by atoms with Gasteiger partial charge in [-0.3, -0.25) is 10.1 Å². The van der Waals surface area contributed by atoms with Gasteiger partial charge in [0.25, 0.3) is 5.69 Å². The smallest absolute Gasteiger partial charge is 0.269 e. The van der Waals surface area contributed by atoms with Gasteiger partial charge >= 0.3 is 0 Å². The van der Waals surface area contributed by atoms with Gasteiger partial charge in [-0.15, -0.1) is 0 Å². The topological polar surface area (TPSA) is 89.4 Å². The second kappa shape index (κ2) is 4.17. The van der Waals surface area contributed by atoms with Crippen LogP contribution in [0.2, 0.25) is 0 Å². The van der Waals surface area contributed by atoms with Crippen LogP contribution in [0.25, 0.3) is 0 Å². The van der Waals surface area contributed by atoms with E-state index in [4.69, 9.17) is 5.73 Å². The number of non-ortho nitro benzene ring substituents is 1. The SMILES string of the molecule is CC(O)[C@@H](N)c1ccc([N+](=O)[O-])cc1. The Labute approximate surface area is 81.3 Å². The molecule has 0 aliphatic rings. The first-order chi connectivity index (χ1) is 6.52. The molecule has 0 amide bonds. The minimum absolute atomic E-state index is 0.0199. The molecule has 5 heteroatoms. The number of aliphatic hydroxyl groups excluding tert-OH is 1. The molecule has 2 atom stereocenters. The van der Waals surface area contributed by atoms with Crippen molar-refractivity contribution in [3.63, 3.8) is 0 Å². The molecule has 0 saturated heterocycles. The van der Waals surface area contributed by atoms with E-state index >= 15 is 0 Å². The Morgan fingerprint density at radius 3 is 2.29 bits per heavy atom. The average Bonchev–Trinajstić information content (AvgIpc) is 2.16. The van der Waals surface area contributed by atoms with E-state index in [1.807, 2.05) is 0 Å². The van der Waals surface area contributed by atoms with Crippen molar-refractivity contribution in [3.8, 4) is 0 Å². The van der Waals surface area contributed by atoms with Crippen molar-refractivity contribution < 1.29 is 10.0 Å². The maximum atomic E-state index is 10.3. The summed E-state index contributed by atoms with van der Waals surface area (Å²) in [4.78, 5) is 9.87. The van der Waals surface area contributed by atoms with E-state index in [0.29, 0.717) is 5.56 Å². The Hall–Kier alpha value is -1.46. The molecule has 1 rings (SSSR count). The van der Waals surface area contributed by atoms with Crippen LogP contribution in [-0.2, 0) is 0 Å². The van der Waals surface area contributed by atoms with Crippen LogP contribution in [0, 0.1) is 10.1 Å². The summed E-state index contributed by atoms with van der Waals surface area (Å²) in [6.45, 7) is 1.58. The lowest BCUT2D eigenvalue weighted by Crippen LogP contribution is -2.22. The van der Waals surface area contributed by atoms with Gasteiger partial charge in [0.2, 0.25) is 0 Å². The summed E-state index contributed by atoms with van der Waals surface area (Å²) >= 11 is 0. The molecule has 76 valence electrons.